The highest BCUT2D eigenvalue weighted by atomic mass is 16.5. The second-order valence-electron chi connectivity index (χ2n) is 5.19. The third-order valence-electron chi connectivity index (χ3n) is 3.70. The summed E-state index contributed by atoms with van der Waals surface area (Å²) in [6.07, 6.45) is 1.48. The van der Waals surface area contributed by atoms with Gasteiger partial charge in [-0.1, -0.05) is 18.7 Å². The van der Waals surface area contributed by atoms with Gasteiger partial charge in [0.2, 0.25) is 0 Å². The maximum absolute atomic E-state index is 12.4. The van der Waals surface area contributed by atoms with Crippen molar-refractivity contribution in [3.05, 3.63) is 36.4 Å². The lowest BCUT2D eigenvalue weighted by molar-refractivity contribution is -0.145. The Morgan fingerprint density at radius 3 is 2.67 bits per heavy atom. The molecule has 0 aliphatic carbocycles. The van der Waals surface area contributed by atoms with Gasteiger partial charge in [-0.05, 0) is 24.6 Å². The number of methoxy groups -OCH3 is 2. The van der Waals surface area contributed by atoms with E-state index in [0.29, 0.717) is 22.8 Å². The summed E-state index contributed by atoms with van der Waals surface area (Å²) >= 11 is 0. The van der Waals surface area contributed by atoms with E-state index in [0.717, 1.165) is 0 Å². The van der Waals surface area contributed by atoms with E-state index in [1.807, 2.05) is 0 Å². The molecule has 1 aromatic rings. The molecule has 2 atom stereocenters. The maximum Gasteiger partial charge on any atom is 0.341 e. The lowest BCUT2D eigenvalue weighted by Gasteiger charge is -2.30. The number of carbonyl (C=O) groups is 2. The molecule has 0 radical (unpaired) electrons. The van der Waals surface area contributed by atoms with Gasteiger partial charge in [0.15, 0.2) is 11.5 Å². The van der Waals surface area contributed by atoms with Crippen molar-refractivity contribution in [3.63, 3.8) is 0 Å². The summed E-state index contributed by atoms with van der Waals surface area (Å²) in [5, 5.41) is 2.71. The summed E-state index contributed by atoms with van der Waals surface area (Å²) in [5.74, 6) is -0.140. The number of nitrogens with zero attached hydrogens (tertiary/aromatic N) is 1. The van der Waals surface area contributed by atoms with Crippen molar-refractivity contribution in [2.24, 2.45) is 10.9 Å². The molecule has 0 bridgehead atoms. The molecule has 24 heavy (non-hydrogen) atoms. The first kappa shape index (κ1) is 17.5. The lowest BCUT2D eigenvalue weighted by atomic mass is 9.88. The Kier molecular flexibility index (Phi) is 5.57. The Morgan fingerprint density at radius 1 is 1.33 bits per heavy atom. The Hall–Kier alpha value is -2.83. The minimum atomic E-state index is -0.722. The zero-order chi connectivity index (χ0) is 17.7. The summed E-state index contributed by atoms with van der Waals surface area (Å²) in [6, 6.07) is 4.09. The fourth-order valence-electron chi connectivity index (χ4n) is 2.58. The minimum Gasteiger partial charge on any atom is -0.493 e. The molecule has 1 N–H and O–H groups in total. The molecule has 0 aromatic heterocycles. The molecule has 0 spiro atoms. The number of rotatable bonds is 6. The molecule has 2 rings (SSSR count). The molecule has 1 heterocycles. The van der Waals surface area contributed by atoms with Gasteiger partial charge in [-0.25, -0.2) is 9.79 Å². The monoisotopic (exact) mass is 332 g/mol. The lowest BCUT2D eigenvalue weighted by Crippen LogP contribution is -2.44. The fourth-order valence-corrected chi connectivity index (χ4v) is 2.58. The topological polar surface area (TPSA) is 86.2 Å². The molecular formula is C17H20N2O5. The van der Waals surface area contributed by atoms with Crippen LogP contribution in [-0.4, -0.2) is 38.5 Å². The summed E-state index contributed by atoms with van der Waals surface area (Å²) in [7, 11) is 3.05. The SMILES string of the molecule is C=CCOC(=O)C1C(C)=NC(=O)NC1c1ccc(OC)c(OC)c1. The average molecular weight is 332 g/mol. The van der Waals surface area contributed by atoms with Gasteiger partial charge in [0.1, 0.15) is 12.5 Å². The predicted molar refractivity (Wildman–Crippen MR) is 88.6 cm³/mol. The first-order valence-corrected chi connectivity index (χ1v) is 7.37. The van der Waals surface area contributed by atoms with Crippen LogP contribution in [0.2, 0.25) is 0 Å². The summed E-state index contributed by atoms with van der Waals surface area (Å²) < 4.78 is 15.6. The van der Waals surface area contributed by atoms with Crippen LogP contribution in [0.15, 0.2) is 35.8 Å². The van der Waals surface area contributed by atoms with Crippen molar-refractivity contribution < 1.29 is 23.8 Å². The van der Waals surface area contributed by atoms with E-state index in [-0.39, 0.29) is 6.61 Å². The van der Waals surface area contributed by atoms with Gasteiger partial charge in [-0.15, -0.1) is 0 Å². The van der Waals surface area contributed by atoms with Crippen molar-refractivity contribution in [2.75, 3.05) is 20.8 Å². The van der Waals surface area contributed by atoms with Gasteiger partial charge < -0.3 is 19.5 Å². The molecular weight excluding hydrogens is 312 g/mol. The van der Waals surface area contributed by atoms with Crippen molar-refractivity contribution in [3.8, 4) is 11.5 Å². The first-order chi connectivity index (χ1) is 11.5. The zero-order valence-electron chi connectivity index (χ0n) is 13.9. The highest BCUT2D eigenvalue weighted by Crippen LogP contribution is 2.34. The predicted octanol–water partition coefficient (Wildman–Crippen LogP) is 2.27. The first-order valence-electron chi connectivity index (χ1n) is 7.37. The number of hydrogen-bond donors (Lipinski definition) is 1. The van der Waals surface area contributed by atoms with Crippen LogP contribution in [-0.2, 0) is 9.53 Å². The second kappa shape index (κ2) is 7.63. The van der Waals surface area contributed by atoms with E-state index in [1.54, 1.807) is 25.1 Å². The summed E-state index contributed by atoms with van der Waals surface area (Å²) in [6.45, 7) is 5.24. The Morgan fingerprint density at radius 2 is 2.04 bits per heavy atom. The van der Waals surface area contributed by atoms with E-state index in [4.69, 9.17) is 14.2 Å². The Bertz CT molecular complexity index is 684. The number of nitrogens with one attached hydrogen (secondary N) is 1. The largest absolute Gasteiger partial charge is 0.493 e. The molecule has 7 heteroatoms. The number of carbonyl (C=O) groups excluding carboxylic acids is 2. The Labute approximate surface area is 140 Å². The highest BCUT2D eigenvalue weighted by molar-refractivity contribution is 6.08. The highest BCUT2D eigenvalue weighted by Gasteiger charge is 2.38. The Balaban J connectivity index is 2.41. The number of hydrogen-bond acceptors (Lipinski definition) is 5. The number of amides is 2. The number of benzene rings is 1. The minimum absolute atomic E-state index is 0.0925. The molecule has 1 aliphatic heterocycles. The van der Waals surface area contributed by atoms with Gasteiger partial charge in [-0.3, -0.25) is 4.79 Å². The molecule has 0 saturated carbocycles. The third kappa shape index (κ3) is 3.56. The smallest absolute Gasteiger partial charge is 0.341 e. The van der Waals surface area contributed by atoms with Gasteiger partial charge in [0.25, 0.3) is 0 Å². The number of esters is 1. The summed E-state index contributed by atoms with van der Waals surface area (Å²) in [5.41, 5.74) is 1.09. The van der Waals surface area contributed by atoms with Crippen molar-refractivity contribution in [2.45, 2.75) is 13.0 Å². The molecule has 2 unspecified atom stereocenters. The molecule has 128 valence electrons. The van der Waals surface area contributed by atoms with Gasteiger partial charge >= 0.3 is 12.0 Å². The second-order valence-corrected chi connectivity index (χ2v) is 5.19. The van der Waals surface area contributed by atoms with Crippen LogP contribution in [0.3, 0.4) is 0 Å². The number of ether oxygens (including phenoxy) is 3. The average Bonchev–Trinajstić information content (AvgIpc) is 2.58. The van der Waals surface area contributed by atoms with Gasteiger partial charge in [0.05, 0.1) is 20.3 Å². The van der Waals surface area contributed by atoms with Crippen LogP contribution >= 0.6 is 0 Å². The van der Waals surface area contributed by atoms with E-state index < -0.39 is 24.0 Å². The van der Waals surface area contributed by atoms with Crippen LogP contribution in [0, 0.1) is 5.92 Å². The zero-order valence-corrected chi connectivity index (χ0v) is 13.9. The fraction of sp³-hybridized carbons (Fsp3) is 0.353. The van der Waals surface area contributed by atoms with Crippen LogP contribution in [0.5, 0.6) is 11.5 Å². The van der Waals surface area contributed by atoms with Gasteiger partial charge in [0, 0.05) is 5.71 Å². The van der Waals surface area contributed by atoms with E-state index in [9.17, 15) is 9.59 Å². The normalized spacial score (nSPS) is 19.8. The third-order valence-corrected chi connectivity index (χ3v) is 3.70. The number of urea groups is 1. The van der Waals surface area contributed by atoms with Crippen LogP contribution in [0.4, 0.5) is 4.79 Å². The van der Waals surface area contributed by atoms with E-state index >= 15 is 0 Å². The maximum atomic E-state index is 12.4. The molecule has 7 nitrogen and oxygen atoms in total. The van der Waals surface area contributed by atoms with Crippen molar-refractivity contribution >= 4 is 17.7 Å². The molecule has 0 fully saturated rings. The van der Waals surface area contributed by atoms with Gasteiger partial charge in [-0.2, -0.15) is 0 Å². The molecule has 1 aromatic carbocycles. The molecule has 2 amide bonds. The summed E-state index contributed by atoms with van der Waals surface area (Å²) in [4.78, 5) is 28.0. The van der Waals surface area contributed by atoms with Crippen LogP contribution in [0.1, 0.15) is 18.5 Å². The molecule has 1 aliphatic rings. The van der Waals surface area contributed by atoms with E-state index in [1.165, 1.54) is 20.3 Å². The quantitative estimate of drug-likeness (QED) is 0.638. The number of aliphatic imine (C=N–C) groups is 1. The van der Waals surface area contributed by atoms with Crippen molar-refractivity contribution in [1.82, 2.24) is 5.32 Å². The van der Waals surface area contributed by atoms with Crippen molar-refractivity contribution in [1.29, 1.82) is 0 Å². The van der Waals surface area contributed by atoms with E-state index in [2.05, 4.69) is 16.9 Å². The van der Waals surface area contributed by atoms with Crippen LogP contribution < -0.4 is 14.8 Å². The standard InChI is InChI=1S/C17H20N2O5/c1-5-8-24-16(20)14-10(2)18-17(21)19-15(14)11-6-7-12(22-3)13(9-11)23-4/h5-7,9,14-15H,1,8H2,2-4H3,(H,19,21). The van der Waals surface area contributed by atoms with Crippen LogP contribution in [0.25, 0.3) is 0 Å². The molecule has 0 saturated heterocycles.